The summed E-state index contributed by atoms with van der Waals surface area (Å²) >= 11 is 5.78. The van der Waals surface area contributed by atoms with E-state index in [0.29, 0.717) is 29.7 Å². The molecule has 3 heterocycles. The average molecular weight is 348 g/mol. The van der Waals surface area contributed by atoms with Crippen LogP contribution in [0.4, 0.5) is 5.82 Å². The molecule has 1 fully saturated rings. The number of rotatable bonds is 3. The number of piperidine rings is 1. The molecule has 2 amide bonds. The summed E-state index contributed by atoms with van der Waals surface area (Å²) < 4.78 is 5.27. The predicted octanol–water partition coefficient (Wildman–Crippen LogP) is 3.13. The predicted molar refractivity (Wildman–Crippen MR) is 89.9 cm³/mol. The van der Waals surface area contributed by atoms with E-state index in [0.717, 1.165) is 18.4 Å². The first kappa shape index (κ1) is 16.5. The number of nitrogens with one attached hydrogen (secondary N) is 1. The summed E-state index contributed by atoms with van der Waals surface area (Å²) in [6.45, 7) is 2.83. The zero-order valence-electron chi connectivity index (χ0n) is 13.3. The number of anilines is 1. The van der Waals surface area contributed by atoms with Gasteiger partial charge < -0.3 is 14.6 Å². The number of furan rings is 1. The number of pyridine rings is 1. The normalized spacial score (nSPS) is 17.6. The van der Waals surface area contributed by atoms with E-state index in [1.165, 1.54) is 12.5 Å². The summed E-state index contributed by atoms with van der Waals surface area (Å²) in [6.07, 6.45) is 4.49. The van der Waals surface area contributed by atoms with Crippen molar-refractivity contribution in [2.45, 2.75) is 19.8 Å². The maximum atomic E-state index is 12.5. The lowest BCUT2D eigenvalue weighted by Crippen LogP contribution is -2.43. The number of amides is 2. The Morgan fingerprint density at radius 2 is 2.21 bits per heavy atom. The highest BCUT2D eigenvalue weighted by molar-refractivity contribution is 6.30. The number of carbonyl (C=O) groups is 2. The van der Waals surface area contributed by atoms with Crippen LogP contribution in [0.3, 0.4) is 0 Å². The summed E-state index contributed by atoms with van der Waals surface area (Å²) in [7, 11) is 0. The summed E-state index contributed by atoms with van der Waals surface area (Å²) in [5, 5.41) is 3.28. The summed E-state index contributed by atoms with van der Waals surface area (Å²) in [4.78, 5) is 30.7. The molecule has 24 heavy (non-hydrogen) atoms. The largest absolute Gasteiger partial charge is 0.459 e. The molecule has 1 aliphatic heterocycles. The fourth-order valence-electron chi connectivity index (χ4n) is 2.79. The zero-order valence-corrected chi connectivity index (χ0v) is 14.0. The number of likely N-dealkylation sites (tertiary alicyclic amines) is 1. The van der Waals surface area contributed by atoms with Gasteiger partial charge in [0, 0.05) is 24.8 Å². The maximum absolute atomic E-state index is 12.5. The molecule has 1 saturated heterocycles. The number of hydrogen-bond donors (Lipinski definition) is 1. The van der Waals surface area contributed by atoms with E-state index < -0.39 is 0 Å². The lowest BCUT2D eigenvalue weighted by Gasteiger charge is -2.31. The second kappa shape index (κ2) is 7.05. The van der Waals surface area contributed by atoms with E-state index in [2.05, 4.69) is 10.3 Å². The SMILES string of the molecule is Cc1ccoc1C(=O)N1CCC[C@@H](C(=O)Nc2ccc(Cl)cn2)C1. The number of nitrogens with zero attached hydrogens (tertiary/aromatic N) is 2. The molecule has 3 rings (SSSR count). The Balaban J connectivity index is 1.64. The fraction of sp³-hybridized carbons (Fsp3) is 0.353. The Hall–Kier alpha value is -2.34. The van der Waals surface area contributed by atoms with E-state index in [9.17, 15) is 9.59 Å². The molecule has 0 bridgehead atoms. The van der Waals surface area contributed by atoms with Crippen LogP contribution >= 0.6 is 11.6 Å². The number of hydrogen-bond acceptors (Lipinski definition) is 4. The maximum Gasteiger partial charge on any atom is 0.289 e. The molecule has 1 N–H and O–H groups in total. The Morgan fingerprint density at radius 1 is 1.38 bits per heavy atom. The van der Waals surface area contributed by atoms with Crippen molar-refractivity contribution in [1.29, 1.82) is 0 Å². The molecule has 0 aliphatic carbocycles. The molecule has 1 aliphatic rings. The van der Waals surface area contributed by atoms with Gasteiger partial charge in [0.05, 0.1) is 17.2 Å². The van der Waals surface area contributed by atoms with Gasteiger partial charge in [-0.25, -0.2) is 4.98 Å². The van der Waals surface area contributed by atoms with Crippen LogP contribution in [-0.4, -0.2) is 34.8 Å². The molecule has 1 atom stereocenters. The van der Waals surface area contributed by atoms with Crippen LogP contribution in [0.5, 0.6) is 0 Å². The van der Waals surface area contributed by atoms with Crippen molar-refractivity contribution in [3.8, 4) is 0 Å². The van der Waals surface area contributed by atoms with Crippen LogP contribution in [0, 0.1) is 12.8 Å². The lowest BCUT2D eigenvalue weighted by atomic mass is 9.96. The number of aryl methyl sites for hydroxylation is 1. The summed E-state index contributed by atoms with van der Waals surface area (Å²) in [5.41, 5.74) is 0.803. The second-order valence-electron chi connectivity index (χ2n) is 5.87. The highest BCUT2D eigenvalue weighted by Crippen LogP contribution is 2.22. The molecule has 6 nitrogen and oxygen atoms in total. The molecule has 0 spiro atoms. The Morgan fingerprint density at radius 3 is 2.88 bits per heavy atom. The van der Waals surface area contributed by atoms with Crippen molar-refractivity contribution in [3.05, 3.63) is 47.0 Å². The standard InChI is InChI=1S/C17H18ClN3O3/c1-11-6-8-24-15(11)17(23)21-7-2-3-12(10-21)16(22)20-14-5-4-13(18)9-19-14/h4-6,8-9,12H,2-3,7,10H2,1H3,(H,19,20,22)/t12-/m1/s1. The van der Waals surface area contributed by atoms with Crippen LogP contribution < -0.4 is 5.32 Å². The smallest absolute Gasteiger partial charge is 0.289 e. The molecule has 0 saturated carbocycles. The van der Waals surface area contributed by atoms with Crippen molar-refractivity contribution < 1.29 is 14.0 Å². The number of aromatic nitrogens is 1. The van der Waals surface area contributed by atoms with Crippen LogP contribution in [0.25, 0.3) is 0 Å². The summed E-state index contributed by atoms with van der Waals surface area (Å²) in [6, 6.07) is 5.08. The van der Waals surface area contributed by atoms with Crippen LogP contribution in [0.15, 0.2) is 35.1 Å². The van der Waals surface area contributed by atoms with Crippen LogP contribution in [-0.2, 0) is 4.79 Å². The first-order valence-corrected chi connectivity index (χ1v) is 8.18. The highest BCUT2D eigenvalue weighted by atomic mass is 35.5. The van der Waals surface area contributed by atoms with Crippen molar-refractivity contribution in [3.63, 3.8) is 0 Å². The van der Waals surface area contributed by atoms with Gasteiger partial charge in [-0.15, -0.1) is 0 Å². The van der Waals surface area contributed by atoms with Crippen molar-refractivity contribution in [2.75, 3.05) is 18.4 Å². The molecular weight excluding hydrogens is 330 g/mol. The Kier molecular flexibility index (Phi) is 4.85. The van der Waals surface area contributed by atoms with Gasteiger partial charge in [0.2, 0.25) is 5.91 Å². The third-order valence-electron chi connectivity index (χ3n) is 4.11. The fourth-order valence-corrected chi connectivity index (χ4v) is 2.90. The quantitative estimate of drug-likeness (QED) is 0.925. The van der Waals surface area contributed by atoms with Gasteiger partial charge in [-0.3, -0.25) is 9.59 Å². The monoisotopic (exact) mass is 347 g/mol. The van der Waals surface area contributed by atoms with E-state index in [-0.39, 0.29) is 17.7 Å². The Labute approximate surface area is 144 Å². The average Bonchev–Trinajstić information content (AvgIpc) is 3.02. The topological polar surface area (TPSA) is 75.4 Å². The Bertz CT molecular complexity index is 742. The van der Waals surface area contributed by atoms with Gasteiger partial charge in [0.15, 0.2) is 5.76 Å². The molecule has 0 unspecified atom stereocenters. The molecule has 0 radical (unpaired) electrons. The molecule has 2 aromatic heterocycles. The van der Waals surface area contributed by atoms with Crippen LogP contribution in [0.1, 0.15) is 29.0 Å². The van der Waals surface area contributed by atoms with Gasteiger partial charge in [-0.05, 0) is 38.0 Å². The third-order valence-corrected chi connectivity index (χ3v) is 4.34. The summed E-state index contributed by atoms with van der Waals surface area (Å²) in [5.74, 6) is 0.221. The first-order chi connectivity index (χ1) is 11.5. The molecular formula is C17H18ClN3O3. The van der Waals surface area contributed by atoms with Crippen molar-refractivity contribution in [1.82, 2.24) is 9.88 Å². The minimum Gasteiger partial charge on any atom is -0.459 e. The zero-order chi connectivity index (χ0) is 17.1. The van der Waals surface area contributed by atoms with E-state index in [4.69, 9.17) is 16.0 Å². The third kappa shape index (κ3) is 3.59. The first-order valence-electron chi connectivity index (χ1n) is 7.80. The van der Waals surface area contributed by atoms with E-state index >= 15 is 0 Å². The highest BCUT2D eigenvalue weighted by Gasteiger charge is 2.30. The minimum absolute atomic E-state index is 0.140. The lowest BCUT2D eigenvalue weighted by molar-refractivity contribution is -0.121. The molecule has 2 aromatic rings. The van der Waals surface area contributed by atoms with Gasteiger partial charge >= 0.3 is 0 Å². The molecule has 7 heteroatoms. The number of halogens is 1. The van der Waals surface area contributed by atoms with Gasteiger partial charge in [0.25, 0.3) is 5.91 Å². The van der Waals surface area contributed by atoms with Crippen LogP contribution in [0.2, 0.25) is 5.02 Å². The van der Waals surface area contributed by atoms with Crippen molar-refractivity contribution in [2.24, 2.45) is 5.92 Å². The van der Waals surface area contributed by atoms with Gasteiger partial charge in [-0.1, -0.05) is 11.6 Å². The van der Waals surface area contributed by atoms with E-state index in [1.807, 2.05) is 6.92 Å². The van der Waals surface area contributed by atoms with Gasteiger partial charge in [0.1, 0.15) is 5.82 Å². The second-order valence-corrected chi connectivity index (χ2v) is 6.31. The molecule has 126 valence electrons. The van der Waals surface area contributed by atoms with E-state index in [1.54, 1.807) is 23.1 Å². The van der Waals surface area contributed by atoms with Crippen molar-refractivity contribution >= 4 is 29.2 Å². The van der Waals surface area contributed by atoms with Gasteiger partial charge in [-0.2, -0.15) is 0 Å². The minimum atomic E-state index is -0.268. The number of carbonyl (C=O) groups excluding carboxylic acids is 2. The molecule has 0 aromatic carbocycles.